The molecule has 0 heterocycles. The second kappa shape index (κ2) is 6.88. The molecule has 1 N–H and O–H groups in total. The highest BCUT2D eigenvalue weighted by atomic mass is 19.3. The third-order valence-corrected chi connectivity index (χ3v) is 3.46. The molecule has 6 heteroatoms. The minimum atomic E-state index is -4.05. The minimum Gasteiger partial charge on any atom is -0.368 e. The summed E-state index contributed by atoms with van der Waals surface area (Å²) in [4.78, 5) is 0. The maximum Gasteiger partial charge on any atom is 0.330 e. The predicted octanol–water partition coefficient (Wildman–Crippen LogP) is 3.46. The number of hydrogen-bond donors (Lipinski definition) is 1. The SMILES string of the molecule is CC(C)CNCCC1(OCC(F)(F)C(F)F)CCC1. The van der Waals surface area contributed by atoms with Crippen molar-refractivity contribution in [2.45, 2.75) is 57.5 Å². The van der Waals surface area contributed by atoms with Crippen LogP contribution in [0.1, 0.15) is 39.5 Å². The molecule has 0 amide bonds. The van der Waals surface area contributed by atoms with E-state index < -0.39 is 24.6 Å². The third-order valence-electron chi connectivity index (χ3n) is 3.46. The number of nitrogens with one attached hydrogen (secondary N) is 1. The first-order valence-electron chi connectivity index (χ1n) is 6.78. The van der Waals surface area contributed by atoms with Gasteiger partial charge in [-0.25, -0.2) is 8.78 Å². The standard InChI is InChI=1S/C13H23F4NO/c1-10(2)8-18-7-6-12(4-3-5-12)19-9-13(16,17)11(14)15/h10-11,18H,3-9H2,1-2H3. The molecule has 1 aliphatic rings. The van der Waals surface area contributed by atoms with E-state index in [0.717, 1.165) is 13.0 Å². The van der Waals surface area contributed by atoms with E-state index in [0.29, 0.717) is 31.7 Å². The Balaban J connectivity index is 2.31. The topological polar surface area (TPSA) is 21.3 Å². The number of hydrogen-bond acceptors (Lipinski definition) is 2. The lowest BCUT2D eigenvalue weighted by molar-refractivity contribution is -0.211. The van der Waals surface area contributed by atoms with Crippen LogP contribution >= 0.6 is 0 Å². The maximum atomic E-state index is 12.8. The van der Waals surface area contributed by atoms with Crippen LogP contribution in [0, 0.1) is 5.92 Å². The van der Waals surface area contributed by atoms with Crippen molar-refractivity contribution in [3.8, 4) is 0 Å². The number of halogens is 4. The molecule has 0 unspecified atom stereocenters. The molecule has 1 saturated carbocycles. The van der Waals surface area contributed by atoms with Crippen LogP contribution in [0.4, 0.5) is 17.6 Å². The molecule has 1 fully saturated rings. The smallest absolute Gasteiger partial charge is 0.330 e. The molecular formula is C13H23F4NO. The van der Waals surface area contributed by atoms with Gasteiger partial charge in [-0.3, -0.25) is 0 Å². The van der Waals surface area contributed by atoms with Crippen LogP contribution < -0.4 is 5.32 Å². The van der Waals surface area contributed by atoms with Gasteiger partial charge in [0.2, 0.25) is 0 Å². The van der Waals surface area contributed by atoms with Crippen LogP contribution in [0.5, 0.6) is 0 Å². The summed E-state index contributed by atoms with van der Waals surface area (Å²) in [5.74, 6) is -3.53. The molecule has 0 bridgehead atoms. The molecule has 1 rings (SSSR count). The Labute approximate surface area is 111 Å². The molecule has 1 aliphatic carbocycles. The minimum absolute atomic E-state index is 0.515. The van der Waals surface area contributed by atoms with E-state index in [-0.39, 0.29) is 0 Å². The van der Waals surface area contributed by atoms with E-state index in [1.165, 1.54) is 0 Å². The molecule has 0 aromatic heterocycles. The Bertz CT molecular complexity index is 267. The largest absolute Gasteiger partial charge is 0.368 e. The summed E-state index contributed by atoms with van der Waals surface area (Å²) in [5.41, 5.74) is -0.623. The molecule has 0 radical (unpaired) electrons. The molecule has 0 atom stereocenters. The van der Waals surface area contributed by atoms with Crippen LogP contribution in [0.3, 0.4) is 0 Å². The number of rotatable bonds is 9. The zero-order valence-electron chi connectivity index (χ0n) is 11.5. The van der Waals surface area contributed by atoms with Gasteiger partial charge in [0.15, 0.2) is 0 Å². The first kappa shape index (κ1) is 16.7. The molecule has 0 saturated heterocycles. The van der Waals surface area contributed by atoms with Crippen LogP contribution in [0.15, 0.2) is 0 Å². The van der Waals surface area contributed by atoms with E-state index in [4.69, 9.17) is 4.74 Å². The lowest BCUT2D eigenvalue weighted by atomic mass is 9.77. The van der Waals surface area contributed by atoms with Gasteiger partial charge >= 0.3 is 12.3 Å². The highest BCUT2D eigenvalue weighted by Crippen LogP contribution is 2.40. The van der Waals surface area contributed by atoms with Crippen molar-refractivity contribution in [2.24, 2.45) is 5.92 Å². The zero-order valence-corrected chi connectivity index (χ0v) is 11.5. The van der Waals surface area contributed by atoms with E-state index in [2.05, 4.69) is 19.2 Å². The Morgan fingerprint density at radius 1 is 1.26 bits per heavy atom. The van der Waals surface area contributed by atoms with Crippen LogP contribution in [0.2, 0.25) is 0 Å². The number of alkyl halides is 4. The number of ether oxygens (including phenoxy) is 1. The molecule has 0 aromatic carbocycles. The predicted molar refractivity (Wildman–Crippen MR) is 65.8 cm³/mol. The molecule has 0 aromatic rings. The first-order chi connectivity index (χ1) is 8.77. The van der Waals surface area contributed by atoms with E-state index in [1.54, 1.807) is 0 Å². The lowest BCUT2D eigenvalue weighted by Crippen LogP contribution is -2.46. The normalized spacial score (nSPS) is 18.9. The van der Waals surface area contributed by atoms with Gasteiger partial charge in [0.05, 0.1) is 5.60 Å². The van der Waals surface area contributed by atoms with Crippen molar-refractivity contribution in [3.63, 3.8) is 0 Å². The van der Waals surface area contributed by atoms with Gasteiger partial charge in [-0.1, -0.05) is 13.8 Å². The van der Waals surface area contributed by atoms with Crippen LogP contribution in [-0.2, 0) is 4.74 Å². The Kier molecular flexibility index (Phi) is 6.05. The lowest BCUT2D eigenvalue weighted by Gasteiger charge is -2.42. The second-order valence-electron chi connectivity index (χ2n) is 5.73. The van der Waals surface area contributed by atoms with Crippen molar-refractivity contribution >= 4 is 0 Å². The van der Waals surface area contributed by atoms with Gasteiger partial charge in [0, 0.05) is 0 Å². The molecule has 114 valence electrons. The summed E-state index contributed by atoms with van der Waals surface area (Å²) in [7, 11) is 0. The second-order valence-corrected chi connectivity index (χ2v) is 5.73. The van der Waals surface area contributed by atoms with E-state index >= 15 is 0 Å². The van der Waals surface area contributed by atoms with E-state index in [9.17, 15) is 17.6 Å². The fraction of sp³-hybridized carbons (Fsp3) is 1.00. The quantitative estimate of drug-likeness (QED) is 0.517. The zero-order chi connectivity index (χ0) is 14.5. The maximum absolute atomic E-state index is 12.8. The average molecular weight is 285 g/mol. The fourth-order valence-electron chi connectivity index (χ4n) is 2.06. The summed E-state index contributed by atoms with van der Waals surface area (Å²) >= 11 is 0. The summed E-state index contributed by atoms with van der Waals surface area (Å²) in [6, 6.07) is 0. The highest BCUT2D eigenvalue weighted by Gasteiger charge is 2.45. The summed E-state index contributed by atoms with van der Waals surface area (Å²) in [5, 5.41) is 3.21. The van der Waals surface area contributed by atoms with Gasteiger partial charge in [0.25, 0.3) is 0 Å². The summed E-state index contributed by atoms with van der Waals surface area (Å²) in [6.07, 6.45) is -0.807. The highest BCUT2D eigenvalue weighted by molar-refractivity contribution is 4.91. The van der Waals surface area contributed by atoms with Crippen LogP contribution in [0.25, 0.3) is 0 Å². The van der Waals surface area contributed by atoms with Crippen molar-refractivity contribution in [1.29, 1.82) is 0 Å². The van der Waals surface area contributed by atoms with Gasteiger partial charge in [-0.15, -0.1) is 0 Å². The van der Waals surface area contributed by atoms with Gasteiger partial charge in [0.1, 0.15) is 6.61 Å². The van der Waals surface area contributed by atoms with Crippen molar-refractivity contribution < 1.29 is 22.3 Å². The van der Waals surface area contributed by atoms with Gasteiger partial charge in [-0.05, 0) is 44.7 Å². The molecule has 0 aliphatic heterocycles. The first-order valence-corrected chi connectivity index (χ1v) is 6.78. The Morgan fingerprint density at radius 2 is 1.89 bits per heavy atom. The Morgan fingerprint density at radius 3 is 2.32 bits per heavy atom. The van der Waals surface area contributed by atoms with Crippen molar-refractivity contribution in [1.82, 2.24) is 5.32 Å². The molecular weight excluding hydrogens is 262 g/mol. The van der Waals surface area contributed by atoms with Gasteiger partial charge < -0.3 is 10.1 Å². The van der Waals surface area contributed by atoms with Crippen molar-refractivity contribution in [3.05, 3.63) is 0 Å². The Hall–Kier alpha value is -0.360. The summed E-state index contributed by atoms with van der Waals surface area (Å²) < 4.78 is 54.9. The third kappa shape index (κ3) is 5.26. The summed E-state index contributed by atoms with van der Waals surface area (Å²) in [6.45, 7) is 4.48. The van der Waals surface area contributed by atoms with Crippen LogP contribution in [-0.4, -0.2) is 37.6 Å². The molecule has 19 heavy (non-hydrogen) atoms. The molecule has 2 nitrogen and oxygen atoms in total. The fourth-order valence-corrected chi connectivity index (χ4v) is 2.06. The van der Waals surface area contributed by atoms with Crippen molar-refractivity contribution in [2.75, 3.05) is 19.7 Å². The molecule has 0 spiro atoms. The van der Waals surface area contributed by atoms with Gasteiger partial charge in [-0.2, -0.15) is 8.78 Å². The monoisotopic (exact) mass is 285 g/mol. The van der Waals surface area contributed by atoms with E-state index in [1.807, 2.05) is 0 Å². The average Bonchev–Trinajstić information content (AvgIpc) is 2.25.